The van der Waals surface area contributed by atoms with E-state index in [1.165, 1.54) is 23.5 Å². The fourth-order valence-corrected chi connectivity index (χ4v) is 4.44. The van der Waals surface area contributed by atoms with Crippen LogP contribution in [0.1, 0.15) is 21.6 Å². The largest absolute Gasteiger partial charge is 0.507 e. The summed E-state index contributed by atoms with van der Waals surface area (Å²) in [6.45, 7) is 0. The van der Waals surface area contributed by atoms with Crippen LogP contribution in [0.25, 0.3) is 10.9 Å². The number of aromatic nitrogens is 1. The first-order valence-corrected chi connectivity index (χ1v) is 11.0. The van der Waals surface area contributed by atoms with Crippen LogP contribution >= 0.6 is 11.3 Å². The highest BCUT2D eigenvalue weighted by atomic mass is 32.1. The van der Waals surface area contributed by atoms with Crippen molar-refractivity contribution in [1.82, 2.24) is 4.57 Å². The van der Waals surface area contributed by atoms with Gasteiger partial charge in [-0.3, -0.25) is 0 Å². The van der Waals surface area contributed by atoms with Gasteiger partial charge in [0.05, 0.1) is 21.0 Å². The SMILES string of the molecule is Cn1cc(C[C@H](Nc2ccc(C#Cc3ccc(C(F)(F)F)cc3)s2)C(=O)O)c2c(O)cccc21. The topological polar surface area (TPSA) is 74.5 Å². The highest BCUT2D eigenvalue weighted by Crippen LogP contribution is 2.31. The summed E-state index contributed by atoms with van der Waals surface area (Å²) >= 11 is 1.25. The van der Waals surface area contributed by atoms with E-state index in [9.17, 15) is 28.2 Å². The Labute approximate surface area is 197 Å². The predicted molar refractivity (Wildman–Crippen MR) is 125 cm³/mol. The van der Waals surface area contributed by atoms with E-state index >= 15 is 0 Å². The van der Waals surface area contributed by atoms with Gasteiger partial charge in [-0.2, -0.15) is 13.2 Å². The van der Waals surface area contributed by atoms with Gasteiger partial charge in [-0.25, -0.2) is 4.79 Å². The Hall–Kier alpha value is -3.90. The molecule has 0 bridgehead atoms. The summed E-state index contributed by atoms with van der Waals surface area (Å²) in [5.74, 6) is 4.76. The highest BCUT2D eigenvalue weighted by Gasteiger charge is 2.29. The number of phenols is 1. The molecule has 1 atom stereocenters. The fraction of sp³-hybridized carbons (Fsp3) is 0.160. The number of aliphatic carboxylic acids is 1. The molecule has 4 aromatic rings. The van der Waals surface area contributed by atoms with E-state index in [0.717, 1.165) is 17.6 Å². The van der Waals surface area contributed by atoms with E-state index < -0.39 is 23.8 Å². The molecule has 9 heteroatoms. The minimum atomic E-state index is -4.40. The number of hydrogen-bond acceptors (Lipinski definition) is 4. The second-order valence-corrected chi connectivity index (χ2v) is 8.75. The average Bonchev–Trinajstić information content (AvgIpc) is 3.36. The number of fused-ring (bicyclic) bond motifs is 1. The number of benzene rings is 2. The van der Waals surface area contributed by atoms with Crippen LogP contribution < -0.4 is 5.32 Å². The zero-order valence-corrected chi connectivity index (χ0v) is 18.7. The van der Waals surface area contributed by atoms with Gasteiger partial charge >= 0.3 is 12.1 Å². The lowest BCUT2D eigenvalue weighted by molar-refractivity contribution is -0.138. The first-order valence-electron chi connectivity index (χ1n) is 10.2. The standard InChI is InChI=1S/C25H19F3N2O3S/c1-30-14-16(23-20(30)3-2-4-21(23)31)13-19(24(32)33)29-22-12-11-18(34-22)10-7-15-5-8-17(9-6-15)25(26,27)28/h2-6,8-9,11-12,14,19,29,31H,13H2,1H3,(H,32,33)/t19-/m0/s1. The minimum absolute atomic E-state index is 0.0918. The van der Waals surface area contributed by atoms with Crippen LogP contribution in [0.4, 0.5) is 18.2 Å². The van der Waals surface area contributed by atoms with Crippen LogP contribution in [0.3, 0.4) is 0 Å². The van der Waals surface area contributed by atoms with Gasteiger partial charge in [0.25, 0.3) is 0 Å². The van der Waals surface area contributed by atoms with Crippen LogP contribution in [0.5, 0.6) is 5.75 Å². The molecule has 0 fully saturated rings. The van der Waals surface area contributed by atoms with E-state index in [4.69, 9.17) is 0 Å². The number of alkyl halides is 3. The summed E-state index contributed by atoms with van der Waals surface area (Å²) in [7, 11) is 1.83. The molecule has 34 heavy (non-hydrogen) atoms. The number of phenolic OH excluding ortho intramolecular Hbond substituents is 1. The number of carbonyl (C=O) groups is 1. The fourth-order valence-electron chi connectivity index (χ4n) is 3.62. The van der Waals surface area contributed by atoms with Crippen molar-refractivity contribution < 1.29 is 28.2 Å². The lowest BCUT2D eigenvalue weighted by Crippen LogP contribution is -2.31. The molecule has 0 saturated carbocycles. The molecule has 0 spiro atoms. The second kappa shape index (κ2) is 9.15. The van der Waals surface area contributed by atoms with E-state index in [1.54, 1.807) is 30.5 Å². The molecule has 0 radical (unpaired) electrons. The monoisotopic (exact) mass is 484 g/mol. The van der Waals surface area contributed by atoms with E-state index in [0.29, 0.717) is 26.4 Å². The number of carboxylic acid groups (broad SMARTS) is 1. The molecule has 0 amide bonds. The maximum absolute atomic E-state index is 12.7. The number of hydrogen-bond donors (Lipinski definition) is 3. The molecule has 0 saturated heterocycles. The Morgan fingerprint density at radius 1 is 1.12 bits per heavy atom. The molecule has 2 aromatic carbocycles. The summed E-state index contributed by atoms with van der Waals surface area (Å²) < 4.78 is 39.9. The molecule has 2 aromatic heterocycles. The third-order valence-corrected chi connectivity index (χ3v) is 6.19. The zero-order chi connectivity index (χ0) is 24.5. The number of rotatable bonds is 5. The number of carboxylic acids is 1. The number of halogens is 3. The lowest BCUT2D eigenvalue weighted by Gasteiger charge is -2.14. The molecular weight excluding hydrogens is 465 g/mol. The molecule has 0 aliphatic heterocycles. The number of thiophene rings is 1. The van der Waals surface area contributed by atoms with Gasteiger partial charge in [0, 0.05) is 30.6 Å². The predicted octanol–water partition coefficient (Wildman–Crippen LogP) is 5.47. The van der Waals surface area contributed by atoms with Crippen LogP contribution in [0, 0.1) is 11.8 Å². The van der Waals surface area contributed by atoms with Crippen LogP contribution in [-0.4, -0.2) is 26.8 Å². The van der Waals surface area contributed by atoms with Gasteiger partial charge in [-0.1, -0.05) is 17.9 Å². The second-order valence-electron chi connectivity index (χ2n) is 7.66. The van der Waals surface area contributed by atoms with Crippen molar-refractivity contribution in [3.63, 3.8) is 0 Å². The van der Waals surface area contributed by atoms with Crippen molar-refractivity contribution in [2.75, 3.05) is 5.32 Å². The summed E-state index contributed by atoms with van der Waals surface area (Å²) in [5, 5.41) is 24.2. The third kappa shape index (κ3) is 5.02. The van der Waals surface area contributed by atoms with Gasteiger partial charge in [0.15, 0.2) is 0 Å². The molecular formula is C25H19F3N2O3S. The van der Waals surface area contributed by atoms with Crippen LogP contribution in [-0.2, 0) is 24.4 Å². The number of anilines is 1. The summed E-state index contributed by atoms with van der Waals surface area (Å²) in [6.07, 6.45) is -2.45. The van der Waals surface area contributed by atoms with Crippen molar-refractivity contribution in [1.29, 1.82) is 0 Å². The average molecular weight is 484 g/mol. The molecule has 3 N–H and O–H groups in total. The summed E-state index contributed by atoms with van der Waals surface area (Å²) in [5.41, 5.74) is 1.21. The van der Waals surface area contributed by atoms with Crippen molar-refractivity contribution in [3.8, 4) is 17.6 Å². The first-order chi connectivity index (χ1) is 16.1. The maximum Gasteiger partial charge on any atom is 0.416 e. The van der Waals surface area contributed by atoms with Crippen molar-refractivity contribution in [2.24, 2.45) is 7.05 Å². The summed E-state index contributed by atoms with van der Waals surface area (Å²) in [6, 6.07) is 12.2. The molecule has 5 nitrogen and oxygen atoms in total. The van der Waals surface area contributed by atoms with Crippen LogP contribution in [0.2, 0.25) is 0 Å². The minimum Gasteiger partial charge on any atom is -0.507 e. The van der Waals surface area contributed by atoms with Crippen molar-refractivity contribution in [2.45, 2.75) is 18.6 Å². The normalized spacial score (nSPS) is 12.2. The molecule has 0 aliphatic carbocycles. The molecule has 4 rings (SSSR count). The Bertz CT molecular complexity index is 1410. The van der Waals surface area contributed by atoms with Crippen molar-refractivity contribution >= 4 is 33.2 Å². The van der Waals surface area contributed by atoms with Crippen LogP contribution in [0.15, 0.2) is 60.8 Å². The van der Waals surface area contributed by atoms with E-state index in [-0.39, 0.29) is 12.2 Å². The first kappa shape index (κ1) is 23.3. The van der Waals surface area contributed by atoms with Gasteiger partial charge in [0.1, 0.15) is 11.8 Å². The Morgan fingerprint density at radius 2 is 1.85 bits per heavy atom. The Balaban J connectivity index is 1.50. The van der Waals surface area contributed by atoms with Gasteiger partial charge in [-0.15, -0.1) is 11.3 Å². The van der Waals surface area contributed by atoms with Gasteiger partial charge in [0.2, 0.25) is 0 Å². The van der Waals surface area contributed by atoms with Gasteiger partial charge in [-0.05, 0) is 54.1 Å². The van der Waals surface area contributed by atoms with E-state index in [2.05, 4.69) is 17.2 Å². The summed E-state index contributed by atoms with van der Waals surface area (Å²) in [4.78, 5) is 12.6. The van der Waals surface area contributed by atoms with Gasteiger partial charge < -0.3 is 20.1 Å². The molecule has 0 aliphatic rings. The number of aryl methyl sites for hydroxylation is 1. The Morgan fingerprint density at radius 3 is 2.53 bits per heavy atom. The molecule has 174 valence electrons. The number of nitrogens with one attached hydrogen (secondary N) is 1. The molecule has 0 unspecified atom stereocenters. The Kier molecular flexibility index (Phi) is 6.26. The maximum atomic E-state index is 12.7. The third-order valence-electron chi connectivity index (χ3n) is 5.26. The molecule has 2 heterocycles. The quantitative estimate of drug-likeness (QED) is 0.329. The number of nitrogens with zero attached hydrogens (tertiary/aromatic N) is 1. The highest BCUT2D eigenvalue weighted by molar-refractivity contribution is 7.16. The smallest absolute Gasteiger partial charge is 0.416 e. The zero-order valence-electron chi connectivity index (χ0n) is 17.8. The van der Waals surface area contributed by atoms with E-state index in [1.807, 2.05) is 17.7 Å². The number of aromatic hydroxyl groups is 1. The van der Waals surface area contributed by atoms with Crippen molar-refractivity contribution in [3.05, 3.63) is 82.4 Å². The lowest BCUT2D eigenvalue weighted by atomic mass is 10.0.